The topological polar surface area (TPSA) is 32.8 Å². The molecule has 0 bridgehead atoms. The van der Waals surface area contributed by atoms with Gasteiger partial charge in [-0.1, -0.05) is 13.8 Å². The van der Waals surface area contributed by atoms with E-state index in [4.69, 9.17) is 4.74 Å². The second kappa shape index (κ2) is 2.76. The molecule has 1 rings (SSSR count). The van der Waals surface area contributed by atoms with E-state index in [1.165, 1.54) is 0 Å². The van der Waals surface area contributed by atoms with Crippen LogP contribution in [0.2, 0.25) is 0 Å². The van der Waals surface area contributed by atoms with Gasteiger partial charge in [0.1, 0.15) is 0 Å². The Kier molecular flexibility index (Phi) is 2.26. The number of ether oxygens (including phenoxy) is 1. The molecule has 1 heterocycles. The highest BCUT2D eigenvalue weighted by Gasteiger charge is 2.45. The van der Waals surface area contributed by atoms with Gasteiger partial charge in [-0.05, 0) is 19.8 Å². The van der Waals surface area contributed by atoms with Crippen LogP contribution >= 0.6 is 0 Å². The lowest BCUT2D eigenvalue weighted by molar-refractivity contribution is 0.00372. The van der Waals surface area contributed by atoms with Gasteiger partial charge < -0.3 is 9.84 Å². The van der Waals surface area contributed by atoms with E-state index in [1.54, 1.807) is 0 Å². The summed E-state index contributed by atoms with van der Waals surface area (Å²) < 4.78 is 5.24. The van der Waals surface area contributed by atoms with Gasteiger partial charge in [0.05, 0.1) is 17.8 Å². The highest BCUT2D eigenvalue weighted by Crippen LogP contribution is 2.37. The zero-order valence-electron chi connectivity index (χ0n) is 7.68. The van der Waals surface area contributed by atoms with Crippen LogP contribution in [0.1, 0.15) is 40.0 Å². The molecular formula is C9H18O2. The first-order valence-electron chi connectivity index (χ1n) is 4.40. The Morgan fingerprint density at radius 3 is 2.18 bits per heavy atom. The van der Waals surface area contributed by atoms with Crippen molar-refractivity contribution in [3.8, 4) is 0 Å². The van der Waals surface area contributed by atoms with Crippen LogP contribution in [-0.4, -0.2) is 22.9 Å². The second-order valence-electron chi connectivity index (χ2n) is 3.85. The molecule has 66 valence electrons. The summed E-state index contributed by atoms with van der Waals surface area (Å²) in [5.74, 6) is 0. The molecule has 0 spiro atoms. The highest BCUT2D eigenvalue weighted by atomic mass is 16.6. The molecule has 2 nitrogen and oxygen atoms in total. The van der Waals surface area contributed by atoms with E-state index in [9.17, 15) is 5.11 Å². The van der Waals surface area contributed by atoms with Gasteiger partial charge in [0.2, 0.25) is 0 Å². The van der Waals surface area contributed by atoms with Crippen molar-refractivity contribution in [3.05, 3.63) is 0 Å². The van der Waals surface area contributed by atoms with E-state index in [1.807, 2.05) is 13.8 Å². The second-order valence-corrected chi connectivity index (χ2v) is 3.85. The van der Waals surface area contributed by atoms with Crippen molar-refractivity contribution in [1.29, 1.82) is 0 Å². The van der Waals surface area contributed by atoms with Crippen LogP contribution in [0, 0.1) is 0 Å². The molecule has 1 aliphatic rings. The molecular weight excluding hydrogens is 140 g/mol. The van der Waals surface area contributed by atoms with Crippen LogP contribution < -0.4 is 0 Å². The molecule has 0 radical (unpaired) electrons. The Morgan fingerprint density at radius 2 is 1.91 bits per heavy atom. The number of epoxide rings is 1. The molecule has 2 heteroatoms. The average molecular weight is 158 g/mol. The van der Waals surface area contributed by atoms with Gasteiger partial charge in [-0.25, -0.2) is 0 Å². The first-order valence-corrected chi connectivity index (χ1v) is 4.40. The number of hydrogen-bond donors (Lipinski definition) is 1. The highest BCUT2D eigenvalue weighted by molar-refractivity contribution is 4.94. The van der Waals surface area contributed by atoms with Crippen LogP contribution in [0.25, 0.3) is 0 Å². The van der Waals surface area contributed by atoms with Crippen LogP contribution in [0.5, 0.6) is 0 Å². The smallest absolute Gasteiger partial charge is 0.0915 e. The summed E-state index contributed by atoms with van der Waals surface area (Å²) in [4.78, 5) is 0. The lowest BCUT2D eigenvalue weighted by Gasteiger charge is -2.26. The Labute approximate surface area is 68.6 Å². The standard InChI is InChI=1S/C9H18O2/c1-4-9(10,5-2)6-8(3)7-11-8/h10H,4-7H2,1-3H3/t8-/m0/s1. The summed E-state index contributed by atoms with van der Waals surface area (Å²) in [5.41, 5.74) is -0.508. The molecule has 0 aromatic carbocycles. The summed E-state index contributed by atoms with van der Waals surface area (Å²) in [6.45, 7) is 6.92. The van der Waals surface area contributed by atoms with Crippen molar-refractivity contribution < 1.29 is 9.84 Å². The summed E-state index contributed by atoms with van der Waals surface area (Å²) in [6, 6.07) is 0. The maximum Gasteiger partial charge on any atom is 0.0915 e. The van der Waals surface area contributed by atoms with E-state index in [0.29, 0.717) is 0 Å². The van der Waals surface area contributed by atoms with E-state index in [0.717, 1.165) is 25.9 Å². The molecule has 0 aromatic rings. The van der Waals surface area contributed by atoms with Crippen LogP contribution in [-0.2, 0) is 4.74 Å². The van der Waals surface area contributed by atoms with Crippen LogP contribution in [0.4, 0.5) is 0 Å². The van der Waals surface area contributed by atoms with E-state index in [2.05, 4.69) is 6.92 Å². The minimum Gasteiger partial charge on any atom is -0.390 e. The van der Waals surface area contributed by atoms with Gasteiger partial charge in [-0.15, -0.1) is 0 Å². The van der Waals surface area contributed by atoms with Crippen molar-refractivity contribution in [2.45, 2.75) is 51.2 Å². The average Bonchev–Trinajstić information content (AvgIpc) is 2.68. The summed E-state index contributed by atoms with van der Waals surface area (Å²) >= 11 is 0. The van der Waals surface area contributed by atoms with E-state index >= 15 is 0 Å². The fourth-order valence-corrected chi connectivity index (χ4v) is 1.42. The maximum absolute atomic E-state index is 9.92. The van der Waals surface area contributed by atoms with Crippen molar-refractivity contribution >= 4 is 0 Å². The summed E-state index contributed by atoms with van der Waals surface area (Å²) in [7, 11) is 0. The summed E-state index contributed by atoms with van der Waals surface area (Å²) in [6.07, 6.45) is 2.43. The molecule has 11 heavy (non-hydrogen) atoms. The van der Waals surface area contributed by atoms with Crippen molar-refractivity contribution in [2.24, 2.45) is 0 Å². The fraction of sp³-hybridized carbons (Fsp3) is 1.00. The molecule has 0 aromatic heterocycles. The first-order chi connectivity index (χ1) is 5.04. The lowest BCUT2D eigenvalue weighted by atomic mass is 9.87. The molecule has 0 saturated carbocycles. The first kappa shape index (κ1) is 9.01. The fourth-order valence-electron chi connectivity index (χ4n) is 1.42. The maximum atomic E-state index is 9.92. The molecule has 1 aliphatic heterocycles. The zero-order chi connectivity index (χ0) is 8.54. The zero-order valence-corrected chi connectivity index (χ0v) is 7.68. The Balaban J connectivity index is 2.43. The quantitative estimate of drug-likeness (QED) is 0.632. The lowest BCUT2D eigenvalue weighted by Crippen LogP contribution is -2.32. The largest absolute Gasteiger partial charge is 0.390 e. The third kappa shape index (κ3) is 2.17. The third-order valence-corrected chi connectivity index (χ3v) is 2.66. The number of rotatable bonds is 4. The van der Waals surface area contributed by atoms with Gasteiger partial charge in [0, 0.05) is 6.42 Å². The van der Waals surface area contributed by atoms with Gasteiger partial charge in [-0.3, -0.25) is 0 Å². The minimum atomic E-state index is -0.495. The van der Waals surface area contributed by atoms with Crippen molar-refractivity contribution in [2.75, 3.05) is 6.61 Å². The Morgan fingerprint density at radius 1 is 1.45 bits per heavy atom. The predicted octanol–water partition coefficient (Wildman–Crippen LogP) is 1.72. The van der Waals surface area contributed by atoms with Gasteiger partial charge in [-0.2, -0.15) is 0 Å². The minimum absolute atomic E-state index is 0.0131. The predicted molar refractivity (Wildman–Crippen MR) is 44.5 cm³/mol. The third-order valence-electron chi connectivity index (χ3n) is 2.66. The van der Waals surface area contributed by atoms with Gasteiger partial charge in [0.15, 0.2) is 0 Å². The Hall–Kier alpha value is -0.0800. The molecule has 1 atom stereocenters. The number of aliphatic hydroxyl groups is 1. The molecule has 0 amide bonds. The monoisotopic (exact) mass is 158 g/mol. The summed E-state index contributed by atoms with van der Waals surface area (Å²) in [5, 5.41) is 9.92. The van der Waals surface area contributed by atoms with E-state index in [-0.39, 0.29) is 5.60 Å². The van der Waals surface area contributed by atoms with Crippen LogP contribution in [0.15, 0.2) is 0 Å². The van der Waals surface area contributed by atoms with Crippen LogP contribution in [0.3, 0.4) is 0 Å². The molecule has 0 aliphatic carbocycles. The normalized spacial score (nSPS) is 30.5. The van der Waals surface area contributed by atoms with E-state index < -0.39 is 5.60 Å². The number of hydrogen-bond acceptors (Lipinski definition) is 2. The van der Waals surface area contributed by atoms with Gasteiger partial charge in [0.25, 0.3) is 0 Å². The Bertz CT molecular complexity index is 134. The van der Waals surface area contributed by atoms with Gasteiger partial charge >= 0.3 is 0 Å². The SMILES string of the molecule is CCC(O)(CC)C[C@@]1(C)CO1. The molecule has 1 N–H and O–H groups in total. The molecule has 1 saturated heterocycles. The molecule has 0 unspecified atom stereocenters. The van der Waals surface area contributed by atoms with Crippen molar-refractivity contribution in [3.63, 3.8) is 0 Å². The van der Waals surface area contributed by atoms with Crippen molar-refractivity contribution in [1.82, 2.24) is 0 Å². The molecule has 1 fully saturated rings.